The van der Waals surface area contributed by atoms with Crippen molar-refractivity contribution in [1.29, 1.82) is 0 Å². The molecule has 126 valence electrons. The van der Waals surface area contributed by atoms with Gasteiger partial charge in [0.25, 0.3) is 5.91 Å². The van der Waals surface area contributed by atoms with Crippen molar-refractivity contribution in [3.8, 4) is 11.5 Å². The number of hydrazone groups is 1. The number of ether oxygens (including phenoxy) is 1. The van der Waals surface area contributed by atoms with Gasteiger partial charge in [0.05, 0.1) is 10.7 Å². The van der Waals surface area contributed by atoms with Gasteiger partial charge in [-0.05, 0) is 61.9 Å². The molecular weight excluding hydrogens is 351 g/mol. The van der Waals surface area contributed by atoms with Gasteiger partial charge in [-0.1, -0.05) is 23.2 Å². The number of hydrogen-bond acceptors (Lipinski definition) is 4. The van der Waals surface area contributed by atoms with Gasteiger partial charge in [0, 0.05) is 5.02 Å². The number of aromatic hydroxyl groups is 1. The van der Waals surface area contributed by atoms with Crippen molar-refractivity contribution >= 4 is 34.8 Å². The number of nitrogens with zero attached hydrogens (tertiary/aromatic N) is 1. The SMILES string of the molecule is C/C(=N\NC(=O)[C@H](C)Oc1ccc(Cl)cc1Cl)c1ccc(O)cc1. The molecule has 1 amide bonds. The van der Waals surface area contributed by atoms with Gasteiger partial charge in [-0.25, -0.2) is 5.43 Å². The summed E-state index contributed by atoms with van der Waals surface area (Å²) in [6.07, 6.45) is -0.792. The van der Waals surface area contributed by atoms with Crippen LogP contribution in [0.2, 0.25) is 10.0 Å². The molecule has 0 aliphatic rings. The maximum absolute atomic E-state index is 12.1. The van der Waals surface area contributed by atoms with Gasteiger partial charge in [-0.3, -0.25) is 4.79 Å². The third-order valence-corrected chi connectivity index (χ3v) is 3.72. The average Bonchev–Trinajstić information content (AvgIpc) is 2.55. The Bertz CT molecular complexity index is 761. The molecule has 0 aromatic heterocycles. The van der Waals surface area contributed by atoms with Crippen molar-refractivity contribution in [1.82, 2.24) is 5.43 Å². The molecule has 7 heteroatoms. The van der Waals surface area contributed by atoms with Crippen LogP contribution in [0, 0.1) is 0 Å². The number of nitrogens with one attached hydrogen (secondary N) is 1. The molecule has 0 heterocycles. The number of carbonyl (C=O) groups excluding carboxylic acids is 1. The lowest BCUT2D eigenvalue weighted by Gasteiger charge is -2.14. The predicted octanol–water partition coefficient (Wildman–Crippen LogP) is 4.01. The Balaban J connectivity index is 1.98. The zero-order valence-corrected chi connectivity index (χ0v) is 14.6. The number of benzene rings is 2. The van der Waals surface area contributed by atoms with E-state index in [9.17, 15) is 9.90 Å². The molecule has 0 radical (unpaired) electrons. The summed E-state index contributed by atoms with van der Waals surface area (Å²) in [7, 11) is 0. The number of carbonyl (C=O) groups is 1. The fraction of sp³-hybridized carbons (Fsp3) is 0.176. The number of halogens is 2. The van der Waals surface area contributed by atoms with E-state index in [1.54, 1.807) is 50.2 Å². The van der Waals surface area contributed by atoms with E-state index in [2.05, 4.69) is 10.5 Å². The molecule has 0 bridgehead atoms. The maximum atomic E-state index is 12.1. The fourth-order valence-corrected chi connectivity index (χ4v) is 2.26. The Hall–Kier alpha value is -2.24. The van der Waals surface area contributed by atoms with Crippen LogP contribution in [0.25, 0.3) is 0 Å². The zero-order valence-electron chi connectivity index (χ0n) is 13.1. The number of phenols is 1. The van der Waals surface area contributed by atoms with E-state index in [0.717, 1.165) is 5.56 Å². The first-order chi connectivity index (χ1) is 11.4. The van der Waals surface area contributed by atoms with Crippen molar-refractivity contribution in [2.24, 2.45) is 5.10 Å². The highest BCUT2D eigenvalue weighted by Crippen LogP contribution is 2.28. The molecule has 2 aromatic carbocycles. The number of hydrogen-bond donors (Lipinski definition) is 2. The van der Waals surface area contributed by atoms with Crippen molar-refractivity contribution in [3.05, 3.63) is 58.1 Å². The van der Waals surface area contributed by atoms with Gasteiger partial charge in [0.1, 0.15) is 11.5 Å². The minimum Gasteiger partial charge on any atom is -0.508 e. The number of rotatable bonds is 5. The predicted molar refractivity (Wildman–Crippen MR) is 95.0 cm³/mol. The average molecular weight is 367 g/mol. The molecule has 0 saturated carbocycles. The highest BCUT2D eigenvalue weighted by Gasteiger charge is 2.16. The second kappa shape index (κ2) is 8.04. The molecular formula is C17H16Cl2N2O3. The molecule has 1 atom stereocenters. The summed E-state index contributed by atoms with van der Waals surface area (Å²) in [4.78, 5) is 12.1. The van der Waals surface area contributed by atoms with Crippen LogP contribution >= 0.6 is 23.2 Å². The summed E-state index contributed by atoms with van der Waals surface area (Å²) in [5.41, 5.74) is 3.82. The van der Waals surface area contributed by atoms with Crippen molar-refractivity contribution in [2.45, 2.75) is 20.0 Å². The topological polar surface area (TPSA) is 70.9 Å². The first-order valence-corrected chi connectivity index (χ1v) is 7.87. The largest absolute Gasteiger partial charge is 0.508 e. The quantitative estimate of drug-likeness (QED) is 0.620. The normalized spacial score (nSPS) is 12.6. The van der Waals surface area contributed by atoms with Crippen LogP contribution in [-0.4, -0.2) is 22.8 Å². The highest BCUT2D eigenvalue weighted by molar-refractivity contribution is 6.35. The third-order valence-electron chi connectivity index (χ3n) is 3.19. The van der Waals surface area contributed by atoms with Crippen LogP contribution in [-0.2, 0) is 4.79 Å². The minimum atomic E-state index is -0.792. The monoisotopic (exact) mass is 366 g/mol. The van der Waals surface area contributed by atoms with E-state index in [-0.39, 0.29) is 5.75 Å². The molecule has 0 unspecified atom stereocenters. The van der Waals surface area contributed by atoms with Crippen LogP contribution < -0.4 is 10.2 Å². The van der Waals surface area contributed by atoms with Gasteiger partial charge in [-0.2, -0.15) is 5.10 Å². The number of phenolic OH excluding ortho intramolecular Hbond substituents is 1. The summed E-state index contributed by atoms with van der Waals surface area (Å²) in [6.45, 7) is 3.33. The molecule has 2 N–H and O–H groups in total. The minimum absolute atomic E-state index is 0.164. The maximum Gasteiger partial charge on any atom is 0.280 e. The van der Waals surface area contributed by atoms with Gasteiger partial charge in [0.15, 0.2) is 6.10 Å². The molecule has 0 saturated heterocycles. The second-order valence-corrected chi connectivity index (χ2v) is 5.90. The first kappa shape index (κ1) is 18.1. The van der Waals surface area contributed by atoms with E-state index in [4.69, 9.17) is 27.9 Å². The van der Waals surface area contributed by atoms with Gasteiger partial charge < -0.3 is 9.84 Å². The summed E-state index contributed by atoms with van der Waals surface area (Å²) in [6, 6.07) is 11.3. The van der Waals surface area contributed by atoms with Crippen molar-refractivity contribution in [3.63, 3.8) is 0 Å². The fourth-order valence-electron chi connectivity index (χ4n) is 1.81. The Kier molecular flexibility index (Phi) is 6.06. The van der Waals surface area contributed by atoms with Crippen LogP contribution in [0.15, 0.2) is 47.6 Å². The summed E-state index contributed by atoms with van der Waals surface area (Å²) >= 11 is 11.8. The Morgan fingerprint density at radius 3 is 2.50 bits per heavy atom. The van der Waals surface area contributed by atoms with E-state index >= 15 is 0 Å². The van der Waals surface area contributed by atoms with E-state index < -0.39 is 12.0 Å². The van der Waals surface area contributed by atoms with E-state index in [0.29, 0.717) is 21.5 Å². The van der Waals surface area contributed by atoms with Crippen LogP contribution in [0.1, 0.15) is 19.4 Å². The number of amides is 1. The summed E-state index contributed by atoms with van der Waals surface area (Å²) in [5, 5.41) is 14.1. The third kappa shape index (κ3) is 4.88. The summed E-state index contributed by atoms with van der Waals surface area (Å²) < 4.78 is 5.51. The molecule has 24 heavy (non-hydrogen) atoms. The summed E-state index contributed by atoms with van der Waals surface area (Å²) in [5.74, 6) is 0.111. The van der Waals surface area contributed by atoms with E-state index in [1.165, 1.54) is 6.07 Å². The standard InChI is InChI=1S/C17H16Cl2N2O3/c1-10(12-3-6-14(22)7-4-12)20-21-17(23)11(2)24-16-8-5-13(18)9-15(16)19/h3-9,11,22H,1-2H3,(H,21,23)/b20-10+/t11-/m0/s1. The molecule has 0 aliphatic carbocycles. The van der Waals surface area contributed by atoms with Crippen LogP contribution in [0.5, 0.6) is 11.5 Å². The lowest BCUT2D eigenvalue weighted by molar-refractivity contribution is -0.127. The van der Waals surface area contributed by atoms with Gasteiger partial charge in [0.2, 0.25) is 0 Å². The molecule has 5 nitrogen and oxygen atoms in total. The van der Waals surface area contributed by atoms with Crippen molar-refractivity contribution < 1.29 is 14.6 Å². The van der Waals surface area contributed by atoms with Crippen LogP contribution in [0.4, 0.5) is 0 Å². The molecule has 0 fully saturated rings. The Morgan fingerprint density at radius 2 is 1.88 bits per heavy atom. The molecule has 0 aliphatic heterocycles. The molecule has 0 spiro atoms. The second-order valence-electron chi connectivity index (χ2n) is 5.05. The highest BCUT2D eigenvalue weighted by atomic mass is 35.5. The van der Waals surface area contributed by atoms with Gasteiger partial charge >= 0.3 is 0 Å². The lowest BCUT2D eigenvalue weighted by Crippen LogP contribution is -2.34. The van der Waals surface area contributed by atoms with Gasteiger partial charge in [-0.15, -0.1) is 0 Å². The van der Waals surface area contributed by atoms with Crippen LogP contribution in [0.3, 0.4) is 0 Å². The molecule has 2 aromatic rings. The lowest BCUT2D eigenvalue weighted by atomic mass is 10.1. The van der Waals surface area contributed by atoms with E-state index in [1.807, 2.05) is 0 Å². The zero-order chi connectivity index (χ0) is 17.7. The van der Waals surface area contributed by atoms with Crippen molar-refractivity contribution in [2.75, 3.05) is 0 Å². The Labute approximate surface area is 149 Å². The molecule has 2 rings (SSSR count). The smallest absolute Gasteiger partial charge is 0.280 e. The first-order valence-electron chi connectivity index (χ1n) is 7.12. The Morgan fingerprint density at radius 1 is 1.21 bits per heavy atom.